The lowest BCUT2D eigenvalue weighted by molar-refractivity contribution is 0.0788. The Labute approximate surface area is 128 Å². The van der Waals surface area contributed by atoms with Gasteiger partial charge in [-0.15, -0.1) is 0 Å². The van der Waals surface area contributed by atoms with Crippen LogP contribution in [0.2, 0.25) is 0 Å². The van der Waals surface area contributed by atoms with Crippen LogP contribution in [0.3, 0.4) is 0 Å². The Morgan fingerprint density at radius 3 is 2.71 bits per heavy atom. The molecule has 0 aromatic heterocycles. The second-order valence-electron chi connectivity index (χ2n) is 5.71. The molecule has 0 aliphatic heterocycles. The van der Waals surface area contributed by atoms with Crippen molar-refractivity contribution in [2.24, 2.45) is 5.92 Å². The van der Waals surface area contributed by atoms with Gasteiger partial charge in [-0.05, 0) is 37.0 Å². The molecule has 1 aromatic carbocycles. The van der Waals surface area contributed by atoms with E-state index in [0.717, 1.165) is 24.1 Å². The van der Waals surface area contributed by atoms with Gasteiger partial charge in [-0.25, -0.2) is 0 Å². The number of nitrogens with zero attached hydrogens (tertiary/aromatic N) is 1. The maximum absolute atomic E-state index is 12.5. The van der Waals surface area contributed by atoms with E-state index in [4.69, 9.17) is 5.11 Å². The maximum atomic E-state index is 12.5. The zero-order valence-corrected chi connectivity index (χ0v) is 13.4. The van der Waals surface area contributed by atoms with Gasteiger partial charge < -0.3 is 10.0 Å². The lowest BCUT2D eigenvalue weighted by Gasteiger charge is -2.19. The highest BCUT2D eigenvalue weighted by atomic mass is 16.2. The summed E-state index contributed by atoms with van der Waals surface area (Å²) in [5.74, 6) is 6.48. The molecule has 0 aliphatic carbocycles. The Balaban J connectivity index is 2.88. The first-order chi connectivity index (χ1) is 9.95. The first-order valence-electron chi connectivity index (χ1n) is 7.41. The minimum absolute atomic E-state index is 0.0407. The van der Waals surface area contributed by atoms with Crippen LogP contribution in [0.4, 0.5) is 0 Å². The summed E-state index contributed by atoms with van der Waals surface area (Å²) in [6, 6.07) is 5.67. The largest absolute Gasteiger partial charge is 0.395 e. The van der Waals surface area contributed by atoms with Gasteiger partial charge in [0.2, 0.25) is 0 Å². The quantitative estimate of drug-likeness (QED) is 0.846. The van der Waals surface area contributed by atoms with Crippen LogP contribution < -0.4 is 0 Å². The van der Waals surface area contributed by atoms with Crippen LogP contribution >= 0.6 is 0 Å². The van der Waals surface area contributed by atoms with Crippen LogP contribution in [0.1, 0.15) is 48.2 Å². The third-order valence-corrected chi connectivity index (χ3v) is 3.33. The molecule has 0 fully saturated rings. The summed E-state index contributed by atoms with van der Waals surface area (Å²) < 4.78 is 0. The predicted molar refractivity (Wildman–Crippen MR) is 86.2 cm³/mol. The van der Waals surface area contributed by atoms with Crippen molar-refractivity contribution >= 4 is 5.91 Å². The lowest BCUT2D eigenvalue weighted by atomic mass is 10.0. The van der Waals surface area contributed by atoms with Gasteiger partial charge in [-0.2, -0.15) is 0 Å². The summed E-state index contributed by atoms with van der Waals surface area (Å²) >= 11 is 0. The fraction of sp³-hybridized carbons (Fsp3) is 0.500. The molecule has 21 heavy (non-hydrogen) atoms. The van der Waals surface area contributed by atoms with Crippen LogP contribution in [0.5, 0.6) is 0 Å². The SMILES string of the molecule is Cc1ccc(C#CCCO)cc1C(=O)N(C)CCC(C)C. The average Bonchev–Trinajstić information content (AvgIpc) is 2.46. The Morgan fingerprint density at radius 2 is 2.10 bits per heavy atom. The number of carbonyl (C=O) groups is 1. The highest BCUT2D eigenvalue weighted by molar-refractivity contribution is 5.95. The van der Waals surface area contributed by atoms with Crippen LogP contribution in [0.25, 0.3) is 0 Å². The van der Waals surface area contributed by atoms with E-state index in [0.29, 0.717) is 17.9 Å². The Bertz CT molecular complexity index is 538. The summed E-state index contributed by atoms with van der Waals surface area (Å²) in [7, 11) is 1.84. The van der Waals surface area contributed by atoms with Crippen molar-refractivity contribution in [1.82, 2.24) is 4.90 Å². The van der Waals surface area contributed by atoms with E-state index in [9.17, 15) is 4.79 Å². The molecule has 0 bridgehead atoms. The third-order valence-electron chi connectivity index (χ3n) is 3.33. The molecule has 0 saturated carbocycles. The van der Waals surface area contributed by atoms with Crippen LogP contribution in [-0.2, 0) is 0 Å². The van der Waals surface area contributed by atoms with E-state index in [1.54, 1.807) is 4.90 Å². The van der Waals surface area contributed by atoms with E-state index in [2.05, 4.69) is 25.7 Å². The number of hydrogen-bond acceptors (Lipinski definition) is 2. The highest BCUT2D eigenvalue weighted by Gasteiger charge is 2.14. The fourth-order valence-corrected chi connectivity index (χ4v) is 1.91. The van der Waals surface area contributed by atoms with E-state index in [1.165, 1.54) is 0 Å². The summed E-state index contributed by atoms with van der Waals surface area (Å²) in [5, 5.41) is 8.74. The Hall–Kier alpha value is -1.79. The number of rotatable bonds is 5. The zero-order chi connectivity index (χ0) is 15.8. The first-order valence-corrected chi connectivity index (χ1v) is 7.41. The van der Waals surface area contributed by atoms with Crippen molar-refractivity contribution in [2.45, 2.75) is 33.6 Å². The molecule has 3 heteroatoms. The number of aryl methyl sites for hydroxylation is 1. The first kappa shape index (κ1) is 17.3. The number of carbonyl (C=O) groups excluding carboxylic acids is 1. The minimum atomic E-state index is 0.0407. The number of amides is 1. The molecule has 0 atom stereocenters. The third kappa shape index (κ3) is 5.61. The van der Waals surface area contributed by atoms with Gasteiger partial charge in [0.05, 0.1) is 6.61 Å². The predicted octanol–water partition coefficient (Wildman–Crippen LogP) is 2.85. The van der Waals surface area contributed by atoms with E-state index in [-0.39, 0.29) is 12.5 Å². The van der Waals surface area contributed by atoms with Gasteiger partial charge in [-0.3, -0.25) is 4.79 Å². The lowest BCUT2D eigenvalue weighted by Crippen LogP contribution is -2.29. The molecule has 114 valence electrons. The average molecular weight is 287 g/mol. The van der Waals surface area contributed by atoms with E-state index in [1.807, 2.05) is 32.2 Å². The van der Waals surface area contributed by atoms with Gasteiger partial charge in [0.25, 0.3) is 5.91 Å². The summed E-state index contributed by atoms with van der Waals surface area (Å²) in [6.45, 7) is 7.06. The molecule has 0 radical (unpaired) electrons. The molecule has 0 aliphatic rings. The van der Waals surface area contributed by atoms with Gasteiger partial charge in [-0.1, -0.05) is 31.8 Å². The second-order valence-corrected chi connectivity index (χ2v) is 5.71. The molecule has 0 spiro atoms. The van der Waals surface area contributed by atoms with Gasteiger partial charge in [0.15, 0.2) is 0 Å². The fourth-order valence-electron chi connectivity index (χ4n) is 1.91. The Kier molecular flexibility index (Phi) is 6.98. The molecule has 0 saturated heterocycles. The summed E-state index contributed by atoms with van der Waals surface area (Å²) in [6.07, 6.45) is 1.45. The molecular formula is C18H25NO2. The molecule has 1 amide bonds. The number of aliphatic hydroxyl groups excluding tert-OH is 1. The summed E-state index contributed by atoms with van der Waals surface area (Å²) in [4.78, 5) is 14.3. The highest BCUT2D eigenvalue weighted by Crippen LogP contribution is 2.14. The van der Waals surface area contributed by atoms with Crippen molar-refractivity contribution in [1.29, 1.82) is 0 Å². The molecule has 3 nitrogen and oxygen atoms in total. The van der Waals surface area contributed by atoms with Crippen molar-refractivity contribution in [3.8, 4) is 11.8 Å². The molecule has 0 heterocycles. The smallest absolute Gasteiger partial charge is 0.253 e. The maximum Gasteiger partial charge on any atom is 0.253 e. The Morgan fingerprint density at radius 1 is 1.38 bits per heavy atom. The van der Waals surface area contributed by atoms with Gasteiger partial charge in [0.1, 0.15) is 0 Å². The van der Waals surface area contributed by atoms with Crippen molar-refractivity contribution in [2.75, 3.05) is 20.2 Å². The molecular weight excluding hydrogens is 262 g/mol. The molecule has 0 unspecified atom stereocenters. The topological polar surface area (TPSA) is 40.5 Å². The molecule has 1 rings (SSSR count). The van der Waals surface area contributed by atoms with Gasteiger partial charge in [0, 0.05) is 31.1 Å². The van der Waals surface area contributed by atoms with Crippen LogP contribution in [0.15, 0.2) is 18.2 Å². The monoisotopic (exact) mass is 287 g/mol. The normalized spacial score (nSPS) is 10.2. The van der Waals surface area contributed by atoms with Crippen molar-refractivity contribution < 1.29 is 9.90 Å². The molecule has 1 aromatic rings. The minimum Gasteiger partial charge on any atom is -0.395 e. The number of aliphatic hydroxyl groups is 1. The standard InChI is InChI=1S/C18H25NO2/c1-14(2)10-11-19(4)18(21)17-13-16(7-5-6-12-20)9-8-15(17)3/h8-9,13-14,20H,6,10-12H2,1-4H3. The van der Waals surface area contributed by atoms with E-state index >= 15 is 0 Å². The van der Waals surface area contributed by atoms with Gasteiger partial charge >= 0.3 is 0 Å². The molecule has 1 N–H and O–H groups in total. The number of hydrogen-bond donors (Lipinski definition) is 1. The van der Waals surface area contributed by atoms with Crippen molar-refractivity contribution in [3.63, 3.8) is 0 Å². The van der Waals surface area contributed by atoms with Crippen molar-refractivity contribution in [3.05, 3.63) is 34.9 Å². The second kappa shape index (κ2) is 8.49. The zero-order valence-electron chi connectivity index (χ0n) is 13.4. The number of benzene rings is 1. The van der Waals surface area contributed by atoms with E-state index < -0.39 is 0 Å². The summed E-state index contributed by atoms with van der Waals surface area (Å²) in [5.41, 5.74) is 2.48. The van der Waals surface area contributed by atoms with Crippen LogP contribution in [0, 0.1) is 24.7 Å². The van der Waals surface area contributed by atoms with Crippen LogP contribution in [-0.4, -0.2) is 36.1 Å².